The molecule has 1 aromatic heterocycles. The van der Waals surface area contributed by atoms with E-state index >= 15 is 0 Å². The van der Waals surface area contributed by atoms with Gasteiger partial charge in [-0.05, 0) is 35.9 Å². The molecule has 5 nitrogen and oxygen atoms in total. The van der Waals surface area contributed by atoms with E-state index in [0.717, 1.165) is 5.56 Å². The minimum atomic E-state index is 0.206. The van der Waals surface area contributed by atoms with Gasteiger partial charge >= 0.3 is 0 Å². The molecule has 21 heavy (non-hydrogen) atoms. The van der Waals surface area contributed by atoms with Crippen molar-refractivity contribution in [3.63, 3.8) is 0 Å². The van der Waals surface area contributed by atoms with Gasteiger partial charge < -0.3 is 11.1 Å². The summed E-state index contributed by atoms with van der Waals surface area (Å²) in [6.45, 7) is 0. The topological polar surface area (TPSA) is 87.1 Å². The van der Waals surface area contributed by atoms with Gasteiger partial charge in [0, 0.05) is 12.4 Å². The van der Waals surface area contributed by atoms with Crippen LogP contribution in [0.15, 0.2) is 53.8 Å². The van der Waals surface area contributed by atoms with Gasteiger partial charge in [0.25, 0.3) is 0 Å². The number of hydrogen-bond acceptors (Lipinski definition) is 3. The van der Waals surface area contributed by atoms with Crippen molar-refractivity contribution in [2.75, 3.05) is 5.32 Å². The van der Waals surface area contributed by atoms with Gasteiger partial charge in [-0.15, -0.1) is 0 Å². The van der Waals surface area contributed by atoms with E-state index in [4.69, 9.17) is 22.6 Å². The molecule has 0 fully saturated rings. The quantitative estimate of drug-likeness (QED) is 0.673. The van der Waals surface area contributed by atoms with E-state index in [2.05, 4.69) is 21.4 Å². The average Bonchev–Trinajstić information content (AvgIpc) is 2.50. The standard InChI is InChI=1S/C15H12ClN5/c16-13-4-5-14(20-10-13)21-15(18)19-7-6-11-2-1-3-12(8-11)9-17/h1-8,10H,(H3,18,19,20,21). The summed E-state index contributed by atoms with van der Waals surface area (Å²) < 4.78 is 0. The van der Waals surface area contributed by atoms with Crippen LogP contribution in [0, 0.1) is 11.3 Å². The summed E-state index contributed by atoms with van der Waals surface area (Å²) in [5.41, 5.74) is 7.19. The third-order valence-electron chi connectivity index (χ3n) is 2.48. The maximum absolute atomic E-state index is 8.81. The second kappa shape index (κ2) is 7.08. The summed E-state index contributed by atoms with van der Waals surface area (Å²) in [7, 11) is 0. The number of guanidine groups is 1. The van der Waals surface area contributed by atoms with E-state index in [1.807, 2.05) is 6.07 Å². The fraction of sp³-hybridized carbons (Fsp3) is 0. The summed E-state index contributed by atoms with van der Waals surface area (Å²) in [5, 5.41) is 12.2. The molecule has 0 bridgehead atoms. The second-order valence-electron chi connectivity index (χ2n) is 4.05. The maximum Gasteiger partial charge on any atom is 0.198 e. The first-order valence-electron chi connectivity index (χ1n) is 6.06. The molecule has 0 aliphatic rings. The van der Waals surface area contributed by atoms with Crippen LogP contribution in [0.1, 0.15) is 11.1 Å². The monoisotopic (exact) mass is 297 g/mol. The Bertz CT molecular complexity index is 714. The van der Waals surface area contributed by atoms with Gasteiger partial charge in [-0.25, -0.2) is 9.98 Å². The second-order valence-corrected chi connectivity index (χ2v) is 4.49. The Morgan fingerprint density at radius 1 is 1.38 bits per heavy atom. The summed E-state index contributed by atoms with van der Waals surface area (Å²) in [5.74, 6) is 0.762. The van der Waals surface area contributed by atoms with E-state index in [9.17, 15) is 0 Å². The molecule has 1 heterocycles. The number of benzene rings is 1. The highest BCUT2D eigenvalue weighted by Gasteiger charge is 1.95. The van der Waals surface area contributed by atoms with E-state index in [0.29, 0.717) is 16.4 Å². The summed E-state index contributed by atoms with van der Waals surface area (Å²) >= 11 is 5.74. The molecule has 2 aromatic rings. The Labute approximate surface area is 127 Å². The zero-order valence-corrected chi connectivity index (χ0v) is 11.7. The molecule has 104 valence electrons. The molecule has 0 aliphatic carbocycles. The van der Waals surface area contributed by atoms with Crippen LogP contribution in [-0.4, -0.2) is 10.9 Å². The van der Waals surface area contributed by atoms with Crippen LogP contribution in [0.2, 0.25) is 5.02 Å². The van der Waals surface area contributed by atoms with Crippen molar-refractivity contribution in [1.29, 1.82) is 5.26 Å². The lowest BCUT2D eigenvalue weighted by Gasteiger charge is -2.02. The first kappa shape index (κ1) is 14.6. The van der Waals surface area contributed by atoms with Crippen molar-refractivity contribution < 1.29 is 0 Å². The predicted molar refractivity (Wildman–Crippen MR) is 84.7 cm³/mol. The Balaban J connectivity index is 2.01. The lowest BCUT2D eigenvalue weighted by Crippen LogP contribution is -2.22. The summed E-state index contributed by atoms with van der Waals surface area (Å²) in [6, 6.07) is 12.7. The number of aliphatic imine (C=N–C) groups is 1. The van der Waals surface area contributed by atoms with E-state index in [-0.39, 0.29) is 5.96 Å². The van der Waals surface area contributed by atoms with Crippen LogP contribution in [0.4, 0.5) is 5.82 Å². The molecule has 0 spiro atoms. The number of nitrogens with one attached hydrogen (secondary N) is 1. The minimum Gasteiger partial charge on any atom is -0.369 e. The van der Waals surface area contributed by atoms with Crippen molar-refractivity contribution in [2.24, 2.45) is 10.7 Å². The third-order valence-corrected chi connectivity index (χ3v) is 2.70. The highest BCUT2D eigenvalue weighted by atomic mass is 35.5. The molecule has 0 amide bonds. The molecule has 0 saturated carbocycles. The van der Waals surface area contributed by atoms with Gasteiger partial charge in [0.15, 0.2) is 5.96 Å². The number of pyridine rings is 1. The number of hydrogen-bond donors (Lipinski definition) is 2. The van der Waals surface area contributed by atoms with Gasteiger partial charge in [-0.3, -0.25) is 0 Å². The molecule has 0 atom stereocenters. The van der Waals surface area contributed by atoms with Crippen molar-refractivity contribution >= 4 is 29.5 Å². The van der Waals surface area contributed by atoms with Crippen LogP contribution < -0.4 is 11.1 Å². The number of aromatic nitrogens is 1. The Morgan fingerprint density at radius 3 is 2.95 bits per heavy atom. The number of halogens is 1. The summed E-state index contributed by atoms with van der Waals surface area (Å²) in [6.07, 6.45) is 4.82. The highest BCUT2D eigenvalue weighted by Crippen LogP contribution is 2.09. The molecule has 6 heteroatoms. The molecule has 0 radical (unpaired) electrons. The molecule has 2 rings (SSSR count). The first-order valence-corrected chi connectivity index (χ1v) is 6.44. The zero-order valence-electron chi connectivity index (χ0n) is 11.0. The average molecular weight is 298 g/mol. The van der Waals surface area contributed by atoms with Crippen molar-refractivity contribution in [2.45, 2.75) is 0 Å². The maximum atomic E-state index is 8.81. The SMILES string of the molecule is N#Cc1cccc(C=CN=C(N)Nc2ccc(Cl)cn2)c1. The van der Waals surface area contributed by atoms with E-state index in [1.54, 1.807) is 42.6 Å². The van der Waals surface area contributed by atoms with Gasteiger partial charge in [-0.2, -0.15) is 5.26 Å². The fourth-order valence-electron chi connectivity index (χ4n) is 1.53. The summed E-state index contributed by atoms with van der Waals surface area (Å²) in [4.78, 5) is 8.08. The van der Waals surface area contributed by atoms with Crippen LogP contribution >= 0.6 is 11.6 Å². The fourth-order valence-corrected chi connectivity index (χ4v) is 1.64. The molecular formula is C15H12ClN5. The number of nitriles is 1. The molecule has 3 N–H and O–H groups in total. The molecular weight excluding hydrogens is 286 g/mol. The molecule has 1 aromatic carbocycles. The number of anilines is 1. The Hall–Kier alpha value is -2.84. The van der Waals surface area contributed by atoms with E-state index in [1.165, 1.54) is 6.20 Å². The van der Waals surface area contributed by atoms with Crippen LogP contribution in [0.25, 0.3) is 6.08 Å². The Morgan fingerprint density at radius 2 is 2.24 bits per heavy atom. The predicted octanol–water partition coefficient (Wildman–Crippen LogP) is 3.00. The molecule has 0 unspecified atom stereocenters. The van der Waals surface area contributed by atoms with Gasteiger partial charge in [-0.1, -0.05) is 23.7 Å². The number of nitrogens with zero attached hydrogens (tertiary/aromatic N) is 3. The molecule has 0 saturated heterocycles. The smallest absolute Gasteiger partial charge is 0.198 e. The third kappa shape index (κ3) is 4.64. The highest BCUT2D eigenvalue weighted by molar-refractivity contribution is 6.30. The normalized spacial score (nSPS) is 11.3. The lowest BCUT2D eigenvalue weighted by molar-refractivity contribution is 1.31. The van der Waals surface area contributed by atoms with Gasteiger partial charge in [0.2, 0.25) is 0 Å². The molecule has 0 aliphatic heterocycles. The Kier molecular flexibility index (Phi) is 4.91. The number of rotatable bonds is 3. The first-order chi connectivity index (χ1) is 10.2. The lowest BCUT2D eigenvalue weighted by atomic mass is 10.1. The largest absolute Gasteiger partial charge is 0.369 e. The van der Waals surface area contributed by atoms with Crippen molar-refractivity contribution in [3.8, 4) is 6.07 Å². The van der Waals surface area contributed by atoms with Crippen molar-refractivity contribution in [3.05, 3.63) is 64.9 Å². The van der Waals surface area contributed by atoms with Crippen LogP contribution in [-0.2, 0) is 0 Å². The van der Waals surface area contributed by atoms with Gasteiger partial charge in [0.1, 0.15) is 5.82 Å². The van der Waals surface area contributed by atoms with Gasteiger partial charge in [0.05, 0.1) is 16.7 Å². The van der Waals surface area contributed by atoms with E-state index < -0.39 is 0 Å². The van der Waals surface area contributed by atoms with Crippen LogP contribution in [0.5, 0.6) is 0 Å². The van der Waals surface area contributed by atoms with Crippen molar-refractivity contribution in [1.82, 2.24) is 4.98 Å². The number of nitrogens with two attached hydrogens (primary N) is 1. The zero-order chi connectivity index (χ0) is 15.1. The minimum absolute atomic E-state index is 0.206. The van der Waals surface area contributed by atoms with Crippen LogP contribution in [0.3, 0.4) is 0 Å².